The minimum atomic E-state index is -0.313. The van der Waals surface area contributed by atoms with Crippen molar-refractivity contribution in [1.82, 2.24) is 0 Å². The molecule has 4 aliphatic rings. The van der Waals surface area contributed by atoms with Gasteiger partial charge in [0.2, 0.25) is 0 Å². The van der Waals surface area contributed by atoms with E-state index in [1.807, 2.05) is 0 Å². The summed E-state index contributed by atoms with van der Waals surface area (Å²) in [5, 5.41) is 10.4. The average molecular weight is 411 g/mol. The third kappa shape index (κ3) is 3.39. The number of rotatable bonds is 5. The molecule has 0 amide bonds. The van der Waals surface area contributed by atoms with Crippen molar-refractivity contribution in [3.8, 4) is 0 Å². The Morgan fingerprint density at radius 3 is 2.53 bits per heavy atom. The smallest absolute Gasteiger partial charge is 0.0787 e. The molecule has 168 valence electrons. The van der Waals surface area contributed by atoms with Crippen molar-refractivity contribution < 1.29 is 5.11 Å². The van der Waals surface area contributed by atoms with Gasteiger partial charge in [-0.1, -0.05) is 59.4 Å². The second-order valence-electron chi connectivity index (χ2n) is 12.3. The van der Waals surface area contributed by atoms with Crippen molar-refractivity contribution in [2.75, 3.05) is 0 Å². The van der Waals surface area contributed by atoms with Gasteiger partial charge in [0.1, 0.15) is 0 Å². The van der Waals surface area contributed by atoms with Crippen molar-refractivity contribution in [3.05, 3.63) is 36.0 Å². The predicted molar refractivity (Wildman–Crippen MR) is 128 cm³/mol. The maximum atomic E-state index is 10.4. The zero-order valence-electron chi connectivity index (χ0n) is 20.3. The lowest BCUT2D eigenvalue weighted by molar-refractivity contribution is -0.0514. The van der Waals surface area contributed by atoms with Crippen LogP contribution in [0.15, 0.2) is 36.0 Å². The van der Waals surface area contributed by atoms with E-state index in [0.717, 1.165) is 48.0 Å². The second-order valence-corrected chi connectivity index (χ2v) is 12.3. The van der Waals surface area contributed by atoms with E-state index in [9.17, 15) is 5.11 Å². The Balaban J connectivity index is 1.52. The molecule has 1 N–H and O–H groups in total. The van der Waals surface area contributed by atoms with Crippen LogP contribution in [0.4, 0.5) is 0 Å². The molecule has 0 aromatic rings. The maximum absolute atomic E-state index is 10.4. The van der Waals surface area contributed by atoms with Crippen LogP contribution in [0.25, 0.3) is 0 Å². The first-order valence-corrected chi connectivity index (χ1v) is 12.8. The Hall–Kier alpha value is -0.820. The van der Waals surface area contributed by atoms with Crippen molar-refractivity contribution >= 4 is 0 Å². The van der Waals surface area contributed by atoms with E-state index in [-0.39, 0.29) is 11.5 Å². The number of fused-ring (bicyclic) bond motifs is 5. The van der Waals surface area contributed by atoms with Gasteiger partial charge < -0.3 is 5.11 Å². The zero-order valence-corrected chi connectivity index (χ0v) is 20.3. The predicted octanol–water partition coefficient (Wildman–Crippen LogP) is 7.72. The summed E-state index contributed by atoms with van der Waals surface area (Å²) in [6.45, 7) is 20.9. The quantitative estimate of drug-likeness (QED) is 0.460. The molecule has 0 aliphatic heterocycles. The molecular weight excluding hydrogens is 364 g/mol. The Kier molecular flexibility index (Phi) is 5.93. The number of hydrogen-bond acceptors (Lipinski definition) is 1. The Bertz CT molecular complexity index is 729. The summed E-state index contributed by atoms with van der Waals surface area (Å²) in [4.78, 5) is 0. The molecule has 0 aromatic heterocycles. The highest BCUT2D eigenvalue weighted by Crippen LogP contribution is 2.67. The molecule has 0 bridgehead atoms. The van der Waals surface area contributed by atoms with E-state index in [4.69, 9.17) is 0 Å². The topological polar surface area (TPSA) is 20.2 Å². The number of hydrogen-bond donors (Lipinski definition) is 1. The van der Waals surface area contributed by atoms with Gasteiger partial charge in [-0.05, 0) is 115 Å². The minimum Gasteiger partial charge on any atom is -0.388 e. The van der Waals surface area contributed by atoms with Gasteiger partial charge in [-0.25, -0.2) is 0 Å². The van der Waals surface area contributed by atoms with Crippen molar-refractivity contribution in [2.24, 2.45) is 46.3 Å². The molecule has 4 aliphatic carbocycles. The van der Waals surface area contributed by atoms with Crippen LogP contribution in [0.1, 0.15) is 92.4 Å². The summed E-state index contributed by atoms with van der Waals surface area (Å²) in [7, 11) is 0. The van der Waals surface area contributed by atoms with E-state index in [2.05, 4.69) is 53.9 Å². The average Bonchev–Trinajstić information content (AvgIpc) is 3.06. The van der Waals surface area contributed by atoms with Crippen LogP contribution < -0.4 is 0 Å². The number of aliphatic hydroxyl groups excluding tert-OH is 1. The molecule has 3 saturated carbocycles. The summed E-state index contributed by atoms with van der Waals surface area (Å²) in [5.41, 5.74) is 4.65. The molecule has 1 nitrogen and oxygen atoms in total. The lowest BCUT2D eigenvalue weighted by atomic mass is 9.46. The molecule has 0 unspecified atom stereocenters. The monoisotopic (exact) mass is 410 g/mol. The molecular formula is C29H46O. The van der Waals surface area contributed by atoms with Gasteiger partial charge in [-0.15, -0.1) is 0 Å². The number of allylic oxidation sites excluding steroid dienone is 2. The lowest BCUT2D eigenvalue weighted by Gasteiger charge is -2.58. The van der Waals surface area contributed by atoms with Crippen LogP contribution in [0.3, 0.4) is 0 Å². The highest BCUT2D eigenvalue weighted by molar-refractivity contribution is 5.42. The van der Waals surface area contributed by atoms with Gasteiger partial charge in [-0.2, -0.15) is 0 Å². The highest BCUT2D eigenvalue weighted by Gasteiger charge is 2.59. The van der Waals surface area contributed by atoms with Crippen LogP contribution in [0, 0.1) is 46.3 Å². The molecule has 0 saturated heterocycles. The molecule has 0 aromatic carbocycles. The van der Waals surface area contributed by atoms with E-state index in [1.54, 1.807) is 0 Å². The van der Waals surface area contributed by atoms with Crippen LogP contribution >= 0.6 is 0 Å². The largest absolute Gasteiger partial charge is 0.388 e. The van der Waals surface area contributed by atoms with E-state index < -0.39 is 0 Å². The van der Waals surface area contributed by atoms with Crippen LogP contribution in [0.5, 0.6) is 0 Å². The first kappa shape index (κ1) is 22.4. The summed E-state index contributed by atoms with van der Waals surface area (Å²) < 4.78 is 0. The maximum Gasteiger partial charge on any atom is 0.0787 e. The third-order valence-electron chi connectivity index (χ3n) is 10.6. The summed E-state index contributed by atoms with van der Waals surface area (Å²) in [6.07, 6.45) is 13.6. The van der Waals surface area contributed by atoms with Crippen molar-refractivity contribution in [3.63, 3.8) is 0 Å². The Morgan fingerprint density at radius 2 is 1.83 bits per heavy atom. The fourth-order valence-electron chi connectivity index (χ4n) is 8.58. The summed E-state index contributed by atoms with van der Waals surface area (Å²) in [6, 6.07) is 0. The third-order valence-corrected chi connectivity index (χ3v) is 10.6. The van der Waals surface area contributed by atoms with Crippen LogP contribution in [-0.4, -0.2) is 11.2 Å². The molecule has 3 fully saturated rings. The Labute approximate surface area is 186 Å². The fourth-order valence-corrected chi connectivity index (χ4v) is 8.58. The van der Waals surface area contributed by atoms with E-state index >= 15 is 0 Å². The fraction of sp³-hybridized carbons (Fsp3) is 0.793. The standard InChI is InChI=1S/C29H46O/c1-18(2)19(3)8-9-20(4)23-12-13-25-22-10-11-24-21(5)27(30)15-17-29(24,7)26(22)14-16-28(23,25)6/h11,18,20,22-23,25-27,30H,3,5,8-10,12-17H2,1-2,4,6-7H3/t20-,22+,23-,25+,26+,27+,28-,29+/m1/s1. The first-order valence-electron chi connectivity index (χ1n) is 12.8. The van der Waals surface area contributed by atoms with Gasteiger partial charge in [0.15, 0.2) is 0 Å². The van der Waals surface area contributed by atoms with Gasteiger partial charge in [0.05, 0.1) is 6.10 Å². The SMILES string of the molecule is C=C(CC[C@@H](C)[C@H]1CC[C@H]2[C@@H]3CC=C4C(=C)[C@@H](O)CC[C@]4(C)[C@H]3CC[C@]12C)C(C)C. The molecule has 8 atom stereocenters. The number of aliphatic hydroxyl groups is 1. The first-order chi connectivity index (χ1) is 14.1. The normalized spacial score (nSPS) is 44.2. The molecule has 0 heterocycles. The molecule has 0 spiro atoms. The van der Waals surface area contributed by atoms with Gasteiger partial charge >= 0.3 is 0 Å². The summed E-state index contributed by atoms with van der Waals surface area (Å²) in [5.74, 6) is 4.81. The van der Waals surface area contributed by atoms with Crippen molar-refractivity contribution in [1.29, 1.82) is 0 Å². The molecule has 0 radical (unpaired) electrons. The van der Waals surface area contributed by atoms with Gasteiger partial charge in [0.25, 0.3) is 0 Å². The molecule has 30 heavy (non-hydrogen) atoms. The Morgan fingerprint density at radius 1 is 1.10 bits per heavy atom. The minimum absolute atomic E-state index is 0.249. The zero-order chi connectivity index (χ0) is 21.8. The van der Waals surface area contributed by atoms with Crippen molar-refractivity contribution in [2.45, 2.75) is 98.5 Å². The lowest BCUT2D eigenvalue weighted by Crippen LogP contribution is -2.51. The van der Waals surface area contributed by atoms with Gasteiger partial charge in [-0.3, -0.25) is 0 Å². The van der Waals surface area contributed by atoms with E-state index in [0.29, 0.717) is 11.3 Å². The second kappa shape index (κ2) is 7.95. The highest BCUT2D eigenvalue weighted by atomic mass is 16.3. The van der Waals surface area contributed by atoms with Crippen LogP contribution in [-0.2, 0) is 0 Å². The summed E-state index contributed by atoms with van der Waals surface area (Å²) >= 11 is 0. The van der Waals surface area contributed by atoms with E-state index in [1.165, 1.54) is 56.1 Å². The molecule has 4 rings (SSSR count). The van der Waals surface area contributed by atoms with Gasteiger partial charge in [0, 0.05) is 0 Å². The van der Waals surface area contributed by atoms with Crippen LogP contribution in [0.2, 0.25) is 0 Å². The molecule has 1 heteroatoms.